The number of carbonyl (C=O) groups is 1. The number of aliphatic hydroxyl groups excluding tert-OH is 1. The minimum absolute atomic E-state index is 0.0735. The van der Waals surface area contributed by atoms with Crippen molar-refractivity contribution in [2.45, 2.75) is 6.54 Å². The summed E-state index contributed by atoms with van der Waals surface area (Å²) in [6.07, 6.45) is 0. The Morgan fingerprint density at radius 3 is 2.62 bits per heavy atom. The number of aromatic nitrogens is 2. The zero-order valence-corrected chi connectivity index (χ0v) is 13.6. The van der Waals surface area contributed by atoms with Gasteiger partial charge in [-0.05, 0) is 18.2 Å². The van der Waals surface area contributed by atoms with Gasteiger partial charge in [0.1, 0.15) is 5.82 Å². The minimum Gasteiger partial charge on any atom is -0.394 e. The van der Waals surface area contributed by atoms with Gasteiger partial charge in [-0.3, -0.25) is 4.79 Å². The summed E-state index contributed by atoms with van der Waals surface area (Å²) in [5, 5.41) is 17.0. The summed E-state index contributed by atoms with van der Waals surface area (Å²) < 4.78 is 1.57. The number of benzene rings is 2. The maximum Gasteiger partial charge on any atom is 0.256 e. The molecule has 0 atom stereocenters. The van der Waals surface area contributed by atoms with Crippen LogP contribution in [0.25, 0.3) is 11.3 Å². The number of amides is 1. The van der Waals surface area contributed by atoms with E-state index in [4.69, 9.17) is 11.6 Å². The number of carbonyl (C=O) groups excluding carboxylic acids is 1. The van der Waals surface area contributed by atoms with Crippen LogP contribution in [-0.4, -0.2) is 27.4 Å². The Hall–Kier alpha value is -2.63. The highest BCUT2D eigenvalue weighted by Crippen LogP contribution is 2.22. The molecule has 1 amide bonds. The van der Waals surface area contributed by atoms with E-state index in [0.29, 0.717) is 16.4 Å². The van der Waals surface area contributed by atoms with Crippen molar-refractivity contribution < 1.29 is 9.90 Å². The largest absolute Gasteiger partial charge is 0.394 e. The Bertz CT molecular complexity index is 846. The first kappa shape index (κ1) is 16.2. The Balaban J connectivity index is 1.89. The van der Waals surface area contributed by atoms with Gasteiger partial charge >= 0.3 is 0 Å². The molecular formula is C18H16ClN3O2. The number of aliphatic hydroxyl groups is 1. The lowest BCUT2D eigenvalue weighted by atomic mass is 10.1. The molecule has 3 aromatic rings. The molecule has 0 fully saturated rings. The van der Waals surface area contributed by atoms with Crippen LogP contribution in [0.1, 0.15) is 10.4 Å². The van der Waals surface area contributed by atoms with Crippen LogP contribution < -0.4 is 5.32 Å². The average Bonchev–Trinajstić information content (AvgIpc) is 2.99. The summed E-state index contributed by atoms with van der Waals surface area (Å²) in [5.74, 6) is 0.240. The molecule has 0 bridgehead atoms. The second-order valence-electron chi connectivity index (χ2n) is 5.19. The molecule has 0 aliphatic carbocycles. The van der Waals surface area contributed by atoms with E-state index in [1.54, 1.807) is 35.0 Å². The first-order valence-electron chi connectivity index (χ1n) is 7.48. The standard InChI is InChI=1S/C18H16ClN3O2/c19-15-8-4-7-14(11-15)18(24)20-17-12-16(21-22(17)9-10-23)13-5-2-1-3-6-13/h1-8,11-12,23H,9-10H2,(H,20,24). The first-order chi connectivity index (χ1) is 11.7. The smallest absolute Gasteiger partial charge is 0.256 e. The van der Waals surface area contributed by atoms with Crippen molar-refractivity contribution in [1.29, 1.82) is 0 Å². The van der Waals surface area contributed by atoms with Gasteiger partial charge in [0.05, 0.1) is 18.8 Å². The minimum atomic E-state index is -0.281. The molecule has 0 unspecified atom stereocenters. The Morgan fingerprint density at radius 2 is 1.92 bits per heavy atom. The molecule has 2 aromatic carbocycles. The lowest BCUT2D eigenvalue weighted by molar-refractivity contribution is 0.102. The van der Waals surface area contributed by atoms with E-state index < -0.39 is 0 Å². The first-order valence-corrected chi connectivity index (χ1v) is 7.86. The molecule has 2 N–H and O–H groups in total. The number of hydrogen-bond donors (Lipinski definition) is 2. The zero-order valence-electron chi connectivity index (χ0n) is 12.8. The van der Waals surface area contributed by atoms with Gasteiger partial charge in [-0.15, -0.1) is 0 Å². The number of hydrogen-bond acceptors (Lipinski definition) is 3. The van der Waals surface area contributed by atoms with E-state index in [-0.39, 0.29) is 19.1 Å². The van der Waals surface area contributed by atoms with Crippen LogP contribution in [0.15, 0.2) is 60.7 Å². The molecule has 24 heavy (non-hydrogen) atoms. The third-order valence-electron chi connectivity index (χ3n) is 3.49. The van der Waals surface area contributed by atoms with E-state index in [1.165, 1.54) is 0 Å². The van der Waals surface area contributed by atoms with Gasteiger partial charge in [0.25, 0.3) is 5.91 Å². The molecular weight excluding hydrogens is 326 g/mol. The molecule has 6 heteroatoms. The van der Waals surface area contributed by atoms with Gasteiger partial charge in [0, 0.05) is 22.2 Å². The van der Waals surface area contributed by atoms with Crippen LogP contribution in [-0.2, 0) is 6.54 Å². The summed E-state index contributed by atoms with van der Waals surface area (Å²) in [6, 6.07) is 18.1. The topological polar surface area (TPSA) is 67.2 Å². The van der Waals surface area contributed by atoms with Crippen LogP contribution in [0, 0.1) is 0 Å². The van der Waals surface area contributed by atoms with Crippen molar-refractivity contribution in [2.75, 3.05) is 11.9 Å². The highest BCUT2D eigenvalue weighted by atomic mass is 35.5. The number of nitrogens with zero attached hydrogens (tertiary/aromatic N) is 2. The number of rotatable bonds is 5. The molecule has 1 aromatic heterocycles. The molecule has 0 saturated heterocycles. The zero-order chi connectivity index (χ0) is 16.9. The van der Waals surface area contributed by atoms with E-state index in [2.05, 4.69) is 10.4 Å². The molecule has 0 radical (unpaired) electrons. The lowest BCUT2D eigenvalue weighted by Gasteiger charge is -2.07. The second-order valence-corrected chi connectivity index (χ2v) is 5.63. The van der Waals surface area contributed by atoms with Crippen LogP contribution in [0.4, 0.5) is 5.82 Å². The fourth-order valence-corrected chi connectivity index (χ4v) is 2.54. The Labute approximate surface area is 144 Å². The number of anilines is 1. The van der Waals surface area contributed by atoms with Gasteiger partial charge in [0.15, 0.2) is 0 Å². The van der Waals surface area contributed by atoms with Crippen molar-refractivity contribution in [1.82, 2.24) is 9.78 Å². The summed E-state index contributed by atoms with van der Waals surface area (Å²) >= 11 is 5.93. The van der Waals surface area contributed by atoms with Gasteiger partial charge in [0.2, 0.25) is 0 Å². The second kappa shape index (κ2) is 7.29. The average molecular weight is 342 g/mol. The maximum absolute atomic E-state index is 12.4. The van der Waals surface area contributed by atoms with Gasteiger partial charge in [-0.2, -0.15) is 5.10 Å². The highest BCUT2D eigenvalue weighted by Gasteiger charge is 2.13. The van der Waals surface area contributed by atoms with Crippen molar-refractivity contribution in [3.05, 3.63) is 71.2 Å². The molecule has 3 rings (SSSR count). The van der Waals surface area contributed by atoms with Crippen molar-refractivity contribution in [3.8, 4) is 11.3 Å². The van der Waals surface area contributed by atoms with E-state index in [9.17, 15) is 9.90 Å². The predicted molar refractivity (Wildman–Crippen MR) is 94.2 cm³/mol. The van der Waals surface area contributed by atoms with Crippen LogP contribution in [0.2, 0.25) is 5.02 Å². The van der Waals surface area contributed by atoms with Gasteiger partial charge in [-0.25, -0.2) is 4.68 Å². The Kier molecular flexibility index (Phi) is 4.93. The quantitative estimate of drug-likeness (QED) is 0.747. The SMILES string of the molecule is O=C(Nc1cc(-c2ccccc2)nn1CCO)c1cccc(Cl)c1. The van der Waals surface area contributed by atoms with Crippen molar-refractivity contribution >= 4 is 23.3 Å². The molecule has 0 saturated carbocycles. The van der Waals surface area contributed by atoms with Crippen LogP contribution >= 0.6 is 11.6 Å². The molecule has 122 valence electrons. The lowest BCUT2D eigenvalue weighted by Crippen LogP contribution is -2.16. The normalized spacial score (nSPS) is 10.6. The van der Waals surface area contributed by atoms with Gasteiger partial charge in [-0.1, -0.05) is 48.0 Å². The monoisotopic (exact) mass is 341 g/mol. The highest BCUT2D eigenvalue weighted by molar-refractivity contribution is 6.31. The molecule has 0 aliphatic rings. The van der Waals surface area contributed by atoms with Gasteiger partial charge < -0.3 is 10.4 Å². The van der Waals surface area contributed by atoms with Crippen molar-refractivity contribution in [3.63, 3.8) is 0 Å². The van der Waals surface area contributed by atoms with Crippen molar-refractivity contribution in [2.24, 2.45) is 0 Å². The Morgan fingerprint density at radius 1 is 1.12 bits per heavy atom. The third-order valence-corrected chi connectivity index (χ3v) is 3.72. The number of nitrogens with one attached hydrogen (secondary N) is 1. The molecule has 5 nitrogen and oxygen atoms in total. The number of halogens is 1. The fraction of sp³-hybridized carbons (Fsp3) is 0.111. The van der Waals surface area contributed by atoms with E-state index in [0.717, 1.165) is 11.3 Å². The fourth-order valence-electron chi connectivity index (χ4n) is 2.35. The predicted octanol–water partition coefficient (Wildman–Crippen LogP) is 3.45. The summed E-state index contributed by atoms with van der Waals surface area (Å²) in [6.45, 7) is 0.216. The van der Waals surface area contributed by atoms with E-state index in [1.807, 2.05) is 30.3 Å². The third kappa shape index (κ3) is 3.64. The molecule has 0 aliphatic heterocycles. The summed E-state index contributed by atoms with van der Waals surface area (Å²) in [4.78, 5) is 12.4. The van der Waals surface area contributed by atoms with E-state index >= 15 is 0 Å². The van der Waals surface area contributed by atoms with Crippen LogP contribution in [0.3, 0.4) is 0 Å². The van der Waals surface area contributed by atoms with Crippen LogP contribution in [0.5, 0.6) is 0 Å². The maximum atomic E-state index is 12.4. The molecule has 1 heterocycles. The summed E-state index contributed by atoms with van der Waals surface area (Å²) in [7, 11) is 0. The summed E-state index contributed by atoms with van der Waals surface area (Å²) in [5.41, 5.74) is 2.12. The molecule has 0 spiro atoms.